The third kappa shape index (κ3) is 2.46. The highest BCUT2D eigenvalue weighted by molar-refractivity contribution is 5.99. The molecule has 0 aromatic carbocycles. The van der Waals surface area contributed by atoms with Crippen molar-refractivity contribution >= 4 is 17.6 Å². The summed E-state index contributed by atoms with van der Waals surface area (Å²) in [5.41, 5.74) is 5.85. The highest BCUT2D eigenvalue weighted by atomic mass is 16.2. The van der Waals surface area contributed by atoms with Crippen molar-refractivity contribution in [3.05, 3.63) is 11.8 Å². The summed E-state index contributed by atoms with van der Waals surface area (Å²) in [4.78, 5) is 22.3. The Bertz CT molecular complexity index is 384. The number of rotatable bonds is 3. The van der Waals surface area contributed by atoms with Gasteiger partial charge in [0.25, 0.3) is 5.91 Å². The number of carbonyl (C=O) groups is 2. The van der Waals surface area contributed by atoms with Gasteiger partial charge in [0, 0.05) is 14.1 Å². The van der Waals surface area contributed by atoms with E-state index < -0.39 is 5.91 Å². The molecule has 1 aromatic heterocycles. The quantitative estimate of drug-likeness (QED) is 0.565. The Morgan fingerprint density at radius 3 is 2.73 bits per heavy atom. The predicted molar refractivity (Wildman–Crippen MR) is 54.0 cm³/mol. The number of hydrogen-bond donors (Lipinski definition) is 3. The molecule has 4 N–H and O–H groups in total. The molecular weight excluding hydrogens is 198 g/mol. The Kier molecular flexibility index (Phi) is 3.27. The van der Waals surface area contributed by atoms with Crippen LogP contribution in [0.25, 0.3) is 0 Å². The van der Waals surface area contributed by atoms with E-state index in [0.29, 0.717) is 0 Å². The van der Waals surface area contributed by atoms with Crippen molar-refractivity contribution in [1.82, 2.24) is 20.4 Å². The summed E-state index contributed by atoms with van der Waals surface area (Å²) in [7, 11) is 3.12. The van der Waals surface area contributed by atoms with E-state index in [1.165, 1.54) is 17.9 Å². The van der Waals surface area contributed by atoms with E-state index in [0.717, 1.165) is 0 Å². The number of nitrogens with zero attached hydrogens (tertiary/aromatic N) is 2. The van der Waals surface area contributed by atoms with Crippen molar-refractivity contribution in [3.63, 3.8) is 0 Å². The molecule has 1 heterocycles. The maximum Gasteiger partial charge on any atom is 0.257 e. The minimum absolute atomic E-state index is 0.0797. The summed E-state index contributed by atoms with van der Waals surface area (Å²) >= 11 is 0. The fourth-order valence-electron chi connectivity index (χ4n) is 0.966. The Hall–Kier alpha value is -2.05. The van der Waals surface area contributed by atoms with Crippen molar-refractivity contribution in [2.75, 3.05) is 19.3 Å². The first-order valence-electron chi connectivity index (χ1n) is 4.32. The number of likely N-dealkylation sites (N-methyl/N-ethyl adjacent to an activating group) is 1. The van der Waals surface area contributed by atoms with E-state index in [2.05, 4.69) is 15.7 Å². The molecule has 0 spiro atoms. The van der Waals surface area contributed by atoms with E-state index in [-0.39, 0.29) is 23.8 Å². The van der Waals surface area contributed by atoms with E-state index in [4.69, 9.17) is 5.73 Å². The summed E-state index contributed by atoms with van der Waals surface area (Å²) < 4.78 is 1.38. The molecule has 0 unspecified atom stereocenters. The first kappa shape index (κ1) is 11.0. The van der Waals surface area contributed by atoms with Gasteiger partial charge in [0.05, 0.1) is 12.7 Å². The second kappa shape index (κ2) is 4.45. The molecule has 2 amide bonds. The molecule has 0 radical (unpaired) electrons. The largest absolute Gasteiger partial charge is 0.383 e. The van der Waals surface area contributed by atoms with Crippen LogP contribution in [0.4, 0.5) is 5.82 Å². The van der Waals surface area contributed by atoms with Gasteiger partial charge in [-0.25, -0.2) is 0 Å². The Balaban J connectivity index is 2.62. The minimum atomic E-state index is -0.413. The smallest absolute Gasteiger partial charge is 0.257 e. The van der Waals surface area contributed by atoms with E-state index in [1.54, 1.807) is 7.05 Å². The van der Waals surface area contributed by atoms with Gasteiger partial charge in [0.2, 0.25) is 5.91 Å². The van der Waals surface area contributed by atoms with Crippen molar-refractivity contribution in [2.24, 2.45) is 7.05 Å². The second-order valence-corrected chi connectivity index (χ2v) is 2.92. The molecule has 0 atom stereocenters. The van der Waals surface area contributed by atoms with Gasteiger partial charge < -0.3 is 16.4 Å². The van der Waals surface area contributed by atoms with Crippen LogP contribution >= 0.6 is 0 Å². The van der Waals surface area contributed by atoms with Crippen LogP contribution in [0.3, 0.4) is 0 Å². The highest BCUT2D eigenvalue weighted by Crippen LogP contribution is 2.08. The molecule has 0 aliphatic rings. The van der Waals surface area contributed by atoms with Crippen molar-refractivity contribution in [2.45, 2.75) is 0 Å². The fraction of sp³-hybridized carbons (Fsp3) is 0.375. The number of carbonyl (C=O) groups excluding carboxylic acids is 2. The molecule has 0 fully saturated rings. The van der Waals surface area contributed by atoms with Gasteiger partial charge in [-0.2, -0.15) is 5.10 Å². The topological polar surface area (TPSA) is 102 Å². The van der Waals surface area contributed by atoms with Crippen LogP contribution in [0, 0.1) is 0 Å². The lowest BCUT2D eigenvalue weighted by atomic mass is 10.3. The molecule has 0 aliphatic carbocycles. The molecule has 1 aromatic rings. The van der Waals surface area contributed by atoms with Gasteiger partial charge in [-0.05, 0) is 0 Å². The van der Waals surface area contributed by atoms with Crippen LogP contribution in [0.15, 0.2) is 6.20 Å². The molecule has 15 heavy (non-hydrogen) atoms. The third-order valence-corrected chi connectivity index (χ3v) is 1.92. The number of nitrogen functional groups attached to an aromatic ring is 1. The molecule has 0 saturated carbocycles. The van der Waals surface area contributed by atoms with Crippen LogP contribution in [0.5, 0.6) is 0 Å². The standard InChI is InChI=1S/C8H13N5O2/c1-10-6(14)4-11-8(15)5-3-12-13(2)7(5)9/h3H,4,9H2,1-2H3,(H,10,14)(H,11,15). The summed E-state index contributed by atoms with van der Waals surface area (Å²) in [6.45, 7) is -0.0797. The van der Waals surface area contributed by atoms with Gasteiger partial charge in [-0.15, -0.1) is 0 Å². The monoisotopic (exact) mass is 211 g/mol. The number of hydrogen-bond acceptors (Lipinski definition) is 4. The molecule has 7 nitrogen and oxygen atoms in total. The lowest BCUT2D eigenvalue weighted by Crippen LogP contribution is -2.35. The summed E-state index contributed by atoms with van der Waals surface area (Å²) in [6.07, 6.45) is 1.36. The van der Waals surface area contributed by atoms with Gasteiger partial charge in [-0.3, -0.25) is 14.3 Å². The SMILES string of the molecule is CNC(=O)CNC(=O)c1cnn(C)c1N. The minimum Gasteiger partial charge on any atom is -0.383 e. The molecular formula is C8H13N5O2. The van der Waals surface area contributed by atoms with E-state index >= 15 is 0 Å². The van der Waals surface area contributed by atoms with Gasteiger partial charge in [0.15, 0.2) is 0 Å². The maximum atomic E-state index is 11.5. The van der Waals surface area contributed by atoms with E-state index in [9.17, 15) is 9.59 Å². The average Bonchev–Trinajstić information content (AvgIpc) is 2.56. The molecule has 82 valence electrons. The number of nitrogens with two attached hydrogens (primary N) is 1. The van der Waals surface area contributed by atoms with Crippen LogP contribution in [0.1, 0.15) is 10.4 Å². The summed E-state index contributed by atoms with van der Waals surface area (Å²) in [6, 6.07) is 0. The zero-order chi connectivity index (χ0) is 11.4. The van der Waals surface area contributed by atoms with Crippen LogP contribution < -0.4 is 16.4 Å². The number of aryl methyl sites for hydroxylation is 1. The number of amides is 2. The Morgan fingerprint density at radius 1 is 1.60 bits per heavy atom. The first-order valence-corrected chi connectivity index (χ1v) is 4.32. The van der Waals surface area contributed by atoms with Crippen molar-refractivity contribution < 1.29 is 9.59 Å². The first-order chi connectivity index (χ1) is 7.06. The molecule has 7 heteroatoms. The number of nitrogens with one attached hydrogen (secondary N) is 2. The predicted octanol–water partition coefficient (Wildman–Crippen LogP) is -1.52. The van der Waals surface area contributed by atoms with E-state index in [1.807, 2.05) is 0 Å². The summed E-state index contributed by atoms with van der Waals surface area (Å²) in [5.74, 6) is -0.417. The molecule has 1 rings (SSSR count). The number of aromatic nitrogens is 2. The highest BCUT2D eigenvalue weighted by Gasteiger charge is 2.13. The Morgan fingerprint density at radius 2 is 2.27 bits per heavy atom. The Labute approximate surface area is 86.6 Å². The molecule has 0 aliphatic heterocycles. The van der Waals surface area contributed by atoms with Gasteiger partial charge in [-0.1, -0.05) is 0 Å². The lowest BCUT2D eigenvalue weighted by Gasteiger charge is -2.03. The zero-order valence-corrected chi connectivity index (χ0v) is 8.57. The van der Waals surface area contributed by atoms with Crippen LogP contribution in [-0.4, -0.2) is 35.2 Å². The van der Waals surface area contributed by atoms with Gasteiger partial charge in [0.1, 0.15) is 11.4 Å². The zero-order valence-electron chi connectivity index (χ0n) is 8.57. The molecule has 0 bridgehead atoms. The van der Waals surface area contributed by atoms with Crippen LogP contribution in [0.2, 0.25) is 0 Å². The van der Waals surface area contributed by atoms with Gasteiger partial charge >= 0.3 is 0 Å². The number of anilines is 1. The van der Waals surface area contributed by atoms with Crippen molar-refractivity contribution in [1.29, 1.82) is 0 Å². The molecule has 0 saturated heterocycles. The normalized spacial score (nSPS) is 9.73. The lowest BCUT2D eigenvalue weighted by molar-refractivity contribution is -0.119. The van der Waals surface area contributed by atoms with Crippen LogP contribution in [-0.2, 0) is 11.8 Å². The second-order valence-electron chi connectivity index (χ2n) is 2.92. The average molecular weight is 211 g/mol. The maximum absolute atomic E-state index is 11.5. The fourth-order valence-corrected chi connectivity index (χ4v) is 0.966. The van der Waals surface area contributed by atoms with Crippen molar-refractivity contribution in [3.8, 4) is 0 Å². The summed E-state index contributed by atoms with van der Waals surface area (Å²) in [5, 5.41) is 8.62. The third-order valence-electron chi connectivity index (χ3n) is 1.92.